The Hall–Kier alpha value is -3.39. The van der Waals surface area contributed by atoms with E-state index >= 15 is 0 Å². The number of carbonyl (C=O) groups excluding carboxylic acids is 2. The number of nitrogens with one attached hydrogen (secondary N) is 2. The highest BCUT2D eigenvalue weighted by molar-refractivity contribution is 7.14. The van der Waals surface area contributed by atoms with Crippen LogP contribution >= 0.6 is 11.3 Å². The van der Waals surface area contributed by atoms with Crippen LogP contribution in [0, 0.1) is 0 Å². The molecule has 8 heteroatoms. The number of amides is 2. The van der Waals surface area contributed by atoms with Gasteiger partial charge in [-0.15, -0.1) is 11.3 Å². The van der Waals surface area contributed by atoms with Crippen molar-refractivity contribution in [2.45, 2.75) is 19.4 Å². The number of ether oxygens (including phenoxy) is 2. The van der Waals surface area contributed by atoms with Crippen molar-refractivity contribution in [3.8, 4) is 22.8 Å². The van der Waals surface area contributed by atoms with Crippen molar-refractivity contribution in [3.63, 3.8) is 0 Å². The SMILES string of the molecule is COc1cccc(C(=O)Nc2nc(-c3ccc4c(c3)C(NC(C)=O)CCO4)cs2)c1. The summed E-state index contributed by atoms with van der Waals surface area (Å²) in [5, 5.41) is 8.19. The Morgan fingerprint density at radius 2 is 2.10 bits per heavy atom. The molecule has 1 aliphatic rings. The molecular weight excluding hydrogens is 402 g/mol. The molecule has 2 aromatic carbocycles. The smallest absolute Gasteiger partial charge is 0.257 e. The van der Waals surface area contributed by atoms with Crippen LogP contribution in [-0.4, -0.2) is 30.5 Å². The number of fused-ring (bicyclic) bond motifs is 1. The molecular formula is C22H21N3O4S. The van der Waals surface area contributed by atoms with E-state index in [-0.39, 0.29) is 17.9 Å². The highest BCUT2D eigenvalue weighted by Crippen LogP contribution is 2.36. The number of aromatic nitrogens is 1. The van der Waals surface area contributed by atoms with Crippen LogP contribution < -0.4 is 20.1 Å². The Morgan fingerprint density at radius 3 is 2.90 bits per heavy atom. The molecule has 0 aliphatic carbocycles. The van der Waals surface area contributed by atoms with E-state index in [9.17, 15) is 9.59 Å². The quantitative estimate of drug-likeness (QED) is 0.647. The first-order chi connectivity index (χ1) is 14.5. The van der Waals surface area contributed by atoms with Crippen LogP contribution in [-0.2, 0) is 4.79 Å². The lowest BCUT2D eigenvalue weighted by Crippen LogP contribution is -2.30. The molecule has 0 bridgehead atoms. The van der Waals surface area contributed by atoms with Crippen molar-refractivity contribution in [1.29, 1.82) is 0 Å². The topological polar surface area (TPSA) is 89.5 Å². The van der Waals surface area contributed by atoms with E-state index in [1.165, 1.54) is 18.3 Å². The fourth-order valence-electron chi connectivity index (χ4n) is 3.35. The van der Waals surface area contributed by atoms with Gasteiger partial charge in [0, 0.05) is 35.4 Å². The average Bonchev–Trinajstić information content (AvgIpc) is 3.22. The zero-order valence-electron chi connectivity index (χ0n) is 16.6. The monoisotopic (exact) mass is 423 g/mol. The summed E-state index contributed by atoms with van der Waals surface area (Å²) >= 11 is 1.35. The van der Waals surface area contributed by atoms with Gasteiger partial charge >= 0.3 is 0 Å². The first-order valence-corrected chi connectivity index (χ1v) is 10.4. The molecule has 2 N–H and O–H groups in total. The molecule has 154 valence electrons. The number of hydrogen-bond donors (Lipinski definition) is 2. The molecule has 3 aromatic rings. The minimum atomic E-state index is -0.251. The van der Waals surface area contributed by atoms with Gasteiger partial charge in [-0.05, 0) is 36.4 Å². The van der Waals surface area contributed by atoms with E-state index in [0.29, 0.717) is 23.1 Å². The molecule has 7 nitrogen and oxygen atoms in total. The highest BCUT2D eigenvalue weighted by atomic mass is 32.1. The van der Waals surface area contributed by atoms with Crippen molar-refractivity contribution in [2.75, 3.05) is 19.0 Å². The van der Waals surface area contributed by atoms with Gasteiger partial charge in [0.25, 0.3) is 5.91 Å². The Bertz CT molecular complexity index is 1100. The van der Waals surface area contributed by atoms with Crippen LogP contribution in [0.25, 0.3) is 11.3 Å². The molecule has 4 rings (SSSR count). The second-order valence-electron chi connectivity index (χ2n) is 6.87. The van der Waals surface area contributed by atoms with Gasteiger partial charge in [0.15, 0.2) is 5.13 Å². The first-order valence-electron chi connectivity index (χ1n) is 9.48. The van der Waals surface area contributed by atoms with Crippen molar-refractivity contribution in [1.82, 2.24) is 10.3 Å². The van der Waals surface area contributed by atoms with Crippen LogP contribution in [0.1, 0.15) is 35.3 Å². The van der Waals surface area contributed by atoms with Gasteiger partial charge < -0.3 is 14.8 Å². The number of carbonyl (C=O) groups is 2. The number of hydrogen-bond acceptors (Lipinski definition) is 6. The fraction of sp³-hybridized carbons (Fsp3) is 0.227. The molecule has 0 radical (unpaired) electrons. The summed E-state index contributed by atoms with van der Waals surface area (Å²) in [5.74, 6) is 1.06. The lowest BCUT2D eigenvalue weighted by atomic mass is 9.97. The number of anilines is 1. The highest BCUT2D eigenvalue weighted by Gasteiger charge is 2.23. The Balaban J connectivity index is 1.54. The maximum Gasteiger partial charge on any atom is 0.257 e. The molecule has 0 saturated heterocycles. The van der Waals surface area contributed by atoms with Crippen molar-refractivity contribution < 1.29 is 19.1 Å². The van der Waals surface area contributed by atoms with Gasteiger partial charge in [0.1, 0.15) is 11.5 Å². The van der Waals surface area contributed by atoms with E-state index in [0.717, 1.165) is 29.0 Å². The van der Waals surface area contributed by atoms with E-state index < -0.39 is 0 Å². The predicted octanol–water partition coefficient (Wildman–Crippen LogP) is 4.03. The third-order valence-electron chi connectivity index (χ3n) is 4.78. The minimum Gasteiger partial charge on any atom is -0.497 e. The molecule has 30 heavy (non-hydrogen) atoms. The van der Waals surface area contributed by atoms with E-state index in [4.69, 9.17) is 9.47 Å². The van der Waals surface area contributed by atoms with Crippen LogP contribution in [0.4, 0.5) is 5.13 Å². The van der Waals surface area contributed by atoms with Gasteiger partial charge in [-0.3, -0.25) is 14.9 Å². The summed E-state index contributed by atoms with van der Waals surface area (Å²) in [6.45, 7) is 2.07. The lowest BCUT2D eigenvalue weighted by Gasteiger charge is -2.26. The summed E-state index contributed by atoms with van der Waals surface area (Å²) in [6.07, 6.45) is 0.717. The zero-order valence-corrected chi connectivity index (χ0v) is 17.4. The normalized spacial score (nSPS) is 14.9. The number of rotatable bonds is 5. The summed E-state index contributed by atoms with van der Waals surface area (Å²) in [7, 11) is 1.56. The molecule has 2 heterocycles. The fourth-order valence-corrected chi connectivity index (χ4v) is 4.06. The number of benzene rings is 2. The molecule has 0 spiro atoms. The summed E-state index contributed by atoms with van der Waals surface area (Å²) < 4.78 is 10.9. The third-order valence-corrected chi connectivity index (χ3v) is 5.54. The average molecular weight is 423 g/mol. The van der Waals surface area contributed by atoms with Gasteiger partial charge in [-0.2, -0.15) is 0 Å². The van der Waals surface area contributed by atoms with Gasteiger partial charge in [0.05, 0.1) is 25.5 Å². The van der Waals surface area contributed by atoms with Crippen LogP contribution in [0.15, 0.2) is 47.8 Å². The van der Waals surface area contributed by atoms with Crippen molar-refractivity contribution in [2.24, 2.45) is 0 Å². The predicted molar refractivity (Wildman–Crippen MR) is 115 cm³/mol. The lowest BCUT2D eigenvalue weighted by molar-refractivity contribution is -0.119. The molecule has 1 unspecified atom stereocenters. The van der Waals surface area contributed by atoms with E-state index in [2.05, 4.69) is 15.6 Å². The van der Waals surface area contributed by atoms with E-state index in [1.807, 2.05) is 23.6 Å². The van der Waals surface area contributed by atoms with Crippen LogP contribution in [0.5, 0.6) is 11.5 Å². The van der Waals surface area contributed by atoms with Crippen molar-refractivity contribution in [3.05, 3.63) is 59.0 Å². The number of nitrogens with zero attached hydrogens (tertiary/aromatic N) is 1. The maximum atomic E-state index is 12.5. The second-order valence-corrected chi connectivity index (χ2v) is 7.72. The van der Waals surface area contributed by atoms with E-state index in [1.54, 1.807) is 31.4 Å². The maximum absolute atomic E-state index is 12.5. The Morgan fingerprint density at radius 1 is 1.23 bits per heavy atom. The Labute approximate surface area is 178 Å². The van der Waals surface area contributed by atoms with Gasteiger partial charge in [-0.25, -0.2) is 4.98 Å². The standard InChI is InChI=1S/C22H21N3O4S/c1-13(26)23-18-8-9-29-20-7-6-14(11-17(18)20)19-12-30-22(24-19)25-21(27)15-4-3-5-16(10-15)28-2/h3-7,10-12,18H,8-9H2,1-2H3,(H,23,26)(H,24,25,27). The molecule has 0 fully saturated rings. The molecule has 1 atom stereocenters. The molecule has 1 aliphatic heterocycles. The molecule has 2 amide bonds. The number of methoxy groups -OCH3 is 1. The van der Waals surface area contributed by atoms with Crippen LogP contribution in [0.2, 0.25) is 0 Å². The van der Waals surface area contributed by atoms with Gasteiger partial charge in [0.2, 0.25) is 5.91 Å². The van der Waals surface area contributed by atoms with Crippen LogP contribution in [0.3, 0.4) is 0 Å². The first kappa shape index (κ1) is 19.9. The third kappa shape index (κ3) is 4.28. The minimum absolute atomic E-state index is 0.0746. The Kier molecular flexibility index (Phi) is 5.67. The number of thiazole rings is 1. The summed E-state index contributed by atoms with van der Waals surface area (Å²) in [4.78, 5) is 28.6. The van der Waals surface area contributed by atoms with Crippen molar-refractivity contribution >= 4 is 28.3 Å². The van der Waals surface area contributed by atoms with Gasteiger partial charge in [-0.1, -0.05) is 6.07 Å². The zero-order chi connectivity index (χ0) is 21.1. The summed E-state index contributed by atoms with van der Waals surface area (Å²) in [5.41, 5.74) is 3.07. The summed E-state index contributed by atoms with van der Waals surface area (Å²) in [6, 6.07) is 12.7. The molecule has 0 saturated carbocycles. The molecule has 1 aromatic heterocycles. The second kappa shape index (κ2) is 8.54. The largest absolute Gasteiger partial charge is 0.497 e.